The van der Waals surface area contributed by atoms with Crippen molar-refractivity contribution in [3.05, 3.63) is 58.6 Å². The molecule has 0 spiro atoms. The van der Waals surface area contributed by atoms with E-state index in [1.54, 1.807) is 37.3 Å². The molecule has 0 radical (unpaired) electrons. The van der Waals surface area contributed by atoms with Crippen molar-refractivity contribution < 1.29 is 18.0 Å². The zero-order chi connectivity index (χ0) is 19.6. The van der Waals surface area contributed by atoms with Crippen molar-refractivity contribution in [2.45, 2.75) is 17.9 Å². The fourth-order valence-corrected chi connectivity index (χ4v) is 4.12. The van der Waals surface area contributed by atoms with E-state index in [1.165, 1.54) is 23.1 Å². The molecule has 2 aromatic rings. The molecule has 0 aromatic heterocycles. The number of sulfonamides is 1. The summed E-state index contributed by atoms with van der Waals surface area (Å²) in [6.07, 6.45) is 0. The van der Waals surface area contributed by atoms with Crippen LogP contribution in [0.25, 0.3) is 0 Å². The summed E-state index contributed by atoms with van der Waals surface area (Å²) < 4.78 is 28.6. The van der Waals surface area contributed by atoms with Crippen LogP contribution in [0.4, 0.5) is 5.69 Å². The van der Waals surface area contributed by atoms with E-state index in [-0.39, 0.29) is 22.3 Å². The minimum Gasteiger partial charge on any atom is -0.353 e. The number of hydrogen-bond acceptors (Lipinski definition) is 4. The Labute approximate surface area is 165 Å². The minimum atomic E-state index is -3.85. The molecule has 1 aliphatic heterocycles. The van der Waals surface area contributed by atoms with Gasteiger partial charge in [0.1, 0.15) is 6.04 Å². The normalized spacial score (nSPS) is 17.3. The Morgan fingerprint density at radius 3 is 2.63 bits per heavy atom. The Balaban J connectivity index is 1.85. The summed E-state index contributed by atoms with van der Waals surface area (Å²) in [6.45, 7) is 2.39. The van der Waals surface area contributed by atoms with Crippen molar-refractivity contribution in [2.75, 3.05) is 17.8 Å². The average Bonchev–Trinajstić information content (AvgIpc) is 2.65. The Morgan fingerprint density at radius 2 is 1.93 bits per heavy atom. The summed E-state index contributed by atoms with van der Waals surface area (Å²) in [6, 6.07) is 11.9. The third-order valence-corrected chi connectivity index (χ3v) is 6.16. The molecule has 1 atom stereocenters. The quantitative estimate of drug-likeness (QED) is 0.744. The molecule has 1 fully saturated rings. The Bertz CT molecular complexity index is 976. The van der Waals surface area contributed by atoms with Gasteiger partial charge in [0.2, 0.25) is 5.91 Å². The molecule has 3 rings (SSSR count). The molecule has 2 N–H and O–H groups in total. The minimum absolute atomic E-state index is 0.0228. The third-order valence-electron chi connectivity index (χ3n) is 4.25. The molecule has 2 aromatic carbocycles. The van der Waals surface area contributed by atoms with Gasteiger partial charge in [-0.1, -0.05) is 22.0 Å². The number of anilines is 1. The largest absolute Gasteiger partial charge is 0.353 e. The fourth-order valence-electron chi connectivity index (χ4n) is 2.75. The van der Waals surface area contributed by atoms with Gasteiger partial charge in [-0.15, -0.1) is 0 Å². The van der Waals surface area contributed by atoms with Gasteiger partial charge in [0, 0.05) is 28.8 Å². The molecule has 0 bridgehead atoms. The van der Waals surface area contributed by atoms with Gasteiger partial charge in [0.15, 0.2) is 0 Å². The highest BCUT2D eigenvalue weighted by Crippen LogP contribution is 2.20. The van der Waals surface area contributed by atoms with Gasteiger partial charge in [0.25, 0.3) is 15.9 Å². The highest BCUT2D eigenvalue weighted by Gasteiger charge is 2.30. The Kier molecular flexibility index (Phi) is 5.52. The average molecular weight is 452 g/mol. The highest BCUT2D eigenvalue weighted by atomic mass is 79.9. The smallest absolute Gasteiger partial charge is 0.261 e. The van der Waals surface area contributed by atoms with Gasteiger partial charge in [-0.25, -0.2) is 8.42 Å². The monoisotopic (exact) mass is 451 g/mol. The maximum absolute atomic E-state index is 12.8. The van der Waals surface area contributed by atoms with Crippen LogP contribution in [-0.4, -0.2) is 44.3 Å². The van der Waals surface area contributed by atoms with E-state index in [0.717, 1.165) is 4.47 Å². The van der Waals surface area contributed by atoms with E-state index >= 15 is 0 Å². The lowest BCUT2D eigenvalue weighted by atomic mass is 10.1. The molecule has 2 amide bonds. The predicted molar refractivity (Wildman–Crippen MR) is 105 cm³/mol. The van der Waals surface area contributed by atoms with E-state index in [2.05, 4.69) is 26.0 Å². The number of nitrogens with zero attached hydrogens (tertiary/aromatic N) is 1. The molecule has 27 heavy (non-hydrogen) atoms. The second-order valence-electron chi connectivity index (χ2n) is 6.11. The summed E-state index contributed by atoms with van der Waals surface area (Å²) in [4.78, 5) is 25.9. The van der Waals surface area contributed by atoms with Crippen LogP contribution < -0.4 is 10.0 Å². The van der Waals surface area contributed by atoms with Crippen LogP contribution in [0.3, 0.4) is 0 Å². The van der Waals surface area contributed by atoms with Crippen molar-refractivity contribution in [2.24, 2.45) is 0 Å². The predicted octanol–water partition coefficient (Wildman–Crippen LogP) is 2.21. The maximum Gasteiger partial charge on any atom is 0.261 e. The van der Waals surface area contributed by atoms with Crippen LogP contribution in [0.15, 0.2) is 57.9 Å². The summed E-state index contributed by atoms with van der Waals surface area (Å²) >= 11 is 3.29. The number of nitrogens with one attached hydrogen (secondary N) is 2. The molecule has 1 heterocycles. The molecule has 0 saturated carbocycles. The molecule has 142 valence electrons. The molecular formula is C18H18BrN3O4S. The van der Waals surface area contributed by atoms with Gasteiger partial charge < -0.3 is 10.2 Å². The first kappa shape index (κ1) is 19.4. The maximum atomic E-state index is 12.8. The van der Waals surface area contributed by atoms with Crippen LogP contribution >= 0.6 is 15.9 Å². The molecule has 1 saturated heterocycles. The zero-order valence-electron chi connectivity index (χ0n) is 14.5. The third kappa shape index (κ3) is 4.30. The molecule has 0 aliphatic carbocycles. The highest BCUT2D eigenvalue weighted by molar-refractivity contribution is 9.10. The van der Waals surface area contributed by atoms with Crippen LogP contribution in [0.1, 0.15) is 17.3 Å². The van der Waals surface area contributed by atoms with Crippen molar-refractivity contribution in [1.82, 2.24) is 10.2 Å². The first-order valence-corrected chi connectivity index (χ1v) is 10.5. The Hall–Kier alpha value is -2.39. The van der Waals surface area contributed by atoms with E-state index in [4.69, 9.17) is 0 Å². The zero-order valence-corrected chi connectivity index (χ0v) is 16.9. The molecular weight excluding hydrogens is 434 g/mol. The van der Waals surface area contributed by atoms with Gasteiger partial charge in [-0.2, -0.15) is 0 Å². The number of rotatable bonds is 4. The number of piperazine rings is 1. The number of amides is 2. The summed E-state index contributed by atoms with van der Waals surface area (Å²) in [7, 11) is -3.85. The van der Waals surface area contributed by atoms with Crippen molar-refractivity contribution in [3.8, 4) is 0 Å². The molecule has 1 unspecified atom stereocenters. The SMILES string of the molecule is CC1C(=O)NCCN1C(=O)c1cccc(S(=O)(=O)Nc2ccc(Br)cc2)c1. The van der Waals surface area contributed by atoms with Crippen LogP contribution in [0.2, 0.25) is 0 Å². The van der Waals surface area contributed by atoms with E-state index in [0.29, 0.717) is 18.8 Å². The fraction of sp³-hybridized carbons (Fsp3) is 0.222. The first-order chi connectivity index (χ1) is 12.8. The van der Waals surface area contributed by atoms with Gasteiger partial charge in [-0.05, 0) is 49.4 Å². The standard InChI is InChI=1S/C18H18BrN3O4S/c1-12-17(23)20-9-10-22(12)18(24)13-3-2-4-16(11-13)27(25,26)21-15-7-5-14(19)6-8-15/h2-8,11-12,21H,9-10H2,1H3,(H,20,23). The number of carbonyl (C=O) groups is 2. The van der Waals surface area contributed by atoms with Crippen LogP contribution in [-0.2, 0) is 14.8 Å². The topological polar surface area (TPSA) is 95.6 Å². The van der Waals surface area contributed by atoms with Crippen LogP contribution in [0, 0.1) is 0 Å². The summed E-state index contributed by atoms with van der Waals surface area (Å²) in [5.41, 5.74) is 0.631. The van der Waals surface area contributed by atoms with E-state index in [1.807, 2.05) is 0 Å². The molecule has 1 aliphatic rings. The lowest BCUT2D eigenvalue weighted by Crippen LogP contribution is -2.55. The number of halogens is 1. The second kappa shape index (κ2) is 7.69. The second-order valence-corrected chi connectivity index (χ2v) is 8.70. The lowest BCUT2D eigenvalue weighted by Gasteiger charge is -2.32. The molecule has 9 heteroatoms. The first-order valence-electron chi connectivity index (χ1n) is 8.25. The number of benzene rings is 2. The van der Waals surface area contributed by atoms with E-state index in [9.17, 15) is 18.0 Å². The number of carbonyl (C=O) groups excluding carboxylic acids is 2. The lowest BCUT2D eigenvalue weighted by molar-refractivity contribution is -0.127. The molecule has 7 nitrogen and oxygen atoms in total. The van der Waals surface area contributed by atoms with Crippen molar-refractivity contribution in [1.29, 1.82) is 0 Å². The van der Waals surface area contributed by atoms with Gasteiger partial charge in [-0.3, -0.25) is 14.3 Å². The summed E-state index contributed by atoms with van der Waals surface area (Å²) in [5, 5.41) is 2.69. The van der Waals surface area contributed by atoms with Crippen LogP contribution in [0.5, 0.6) is 0 Å². The van der Waals surface area contributed by atoms with E-state index < -0.39 is 16.1 Å². The summed E-state index contributed by atoms with van der Waals surface area (Å²) in [5.74, 6) is -0.603. The van der Waals surface area contributed by atoms with Gasteiger partial charge in [0.05, 0.1) is 4.90 Å². The Morgan fingerprint density at radius 1 is 1.22 bits per heavy atom. The van der Waals surface area contributed by atoms with Gasteiger partial charge >= 0.3 is 0 Å². The van der Waals surface area contributed by atoms with Crippen molar-refractivity contribution in [3.63, 3.8) is 0 Å². The van der Waals surface area contributed by atoms with Crippen molar-refractivity contribution >= 4 is 43.5 Å². The number of hydrogen-bond donors (Lipinski definition) is 2.